The lowest BCUT2D eigenvalue weighted by Crippen LogP contribution is -2.38. The van der Waals surface area contributed by atoms with Crippen molar-refractivity contribution in [3.8, 4) is 0 Å². The Hall–Kier alpha value is -2.02. The zero-order valence-electron chi connectivity index (χ0n) is 14.9. The molecule has 0 bridgehead atoms. The molecule has 1 aromatic rings. The summed E-state index contributed by atoms with van der Waals surface area (Å²) in [6, 6.07) is 5.37. The number of carbonyl (C=O) groups is 3. The van der Waals surface area contributed by atoms with Gasteiger partial charge in [0.1, 0.15) is 0 Å². The van der Waals surface area contributed by atoms with E-state index in [1.165, 1.54) is 0 Å². The summed E-state index contributed by atoms with van der Waals surface area (Å²) >= 11 is 1.85. The summed E-state index contributed by atoms with van der Waals surface area (Å²) in [5.41, 5.74) is 2.01. The van der Waals surface area contributed by atoms with Crippen LogP contribution in [0.4, 0.5) is 5.69 Å². The fourth-order valence-corrected chi connectivity index (χ4v) is 4.52. The van der Waals surface area contributed by atoms with Crippen LogP contribution in [0.15, 0.2) is 18.2 Å². The third-order valence-corrected chi connectivity index (χ3v) is 6.22. The Labute approximate surface area is 157 Å². The van der Waals surface area contributed by atoms with Crippen molar-refractivity contribution >= 4 is 35.2 Å². The zero-order valence-corrected chi connectivity index (χ0v) is 15.7. The van der Waals surface area contributed by atoms with Crippen molar-refractivity contribution in [2.24, 2.45) is 11.8 Å². The molecule has 0 radical (unpaired) electrons. The van der Waals surface area contributed by atoms with Crippen molar-refractivity contribution in [1.29, 1.82) is 0 Å². The monoisotopic (exact) mass is 376 g/mol. The van der Waals surface area contributed by atoms with Gasteiger partial charge in [-0.05, 0) is 43.9 Å². The molecule has 1 saturated carbocycles. The predicted molar refractivity (Wildman–Crippen MR) is 102 cm³/mol. The first-order valence-corrected chi connectivity index (χ1v) is 10.1. The van der Waals surface area contributed by atoms with Crippen LogP contribution in [-0.2, 0) is 9.59 Å². The van der Waals surface area contributed by atoms with Crippen LogP contribution in [0.1, 0.15) is 35.2 Å². The van der Waals surface area contributed by atoms with Gasteiger partial charge in [0, 0.05) is 41.8 Å². The molecular weight excluding hydrogens is 352 g/mol. The number of nitrogens with zero attached hydrogens (tertiary/aromatic N) is 1. The summed E-state index contributed by atoms with van der Waals surface area (Å²) in [4.78, 5) is 38.2. The Bertz CT molecular complexity index is 715. The van der Waals surface area contributed by atoms with Crippen LogP contribution in [0.5, 0.6) is 0 Å². The van der Waals surface area contributed by atoms with Gasteiger partial charge in [0.05, 0.1) is 5.92 Å². The van der Waals surface area contributed by atoms with Crippen molar-refractivity contribution in [1.82, 2.24) is 4.90 Å². The van der Waals surface area contributed by atoms with Crippen molar-refractivity contribution in [2.45, 2.75) is 26.2 Å². The lowest BCUT2D eigenvalue weighted by molar-refractivity contribution is -0.141. The van der Waals surface area contributed by atoms with E-state index < -0.39 is 11.9 Å². The summed E-state index contributed by atoms with van der Waals surface area (Å²) in [6.45, 7) is 3.34. The average molecular weight is 376 g/mol. The second-order valence-corrected chi connectivity index (χ2v) is 8.14. The number of amides is 2. The fraction of sp³-hybridized carbons (Fsp3) is 0.526. The highest BCUT2D eigenvalue weighted by Gasteiger charge is 2.34. The number of aliphatic carboxylic acids is 1. The highest BCUT2D eigenvalue weighted by molar-refractivity contribution is 7.99. The molecule has 0 spiro atoms. The lowest BCUT2D eigenvalue weighted by Gasteiger charge is -2.27. The zero-order chi connectivity index (χ0) is 18.7. The molecule has 7 heteroatoms. The Kier molecular flexibility index (Phi) is 5.86. The van der Waals surface area contributed by atoms with Gasteiger partial charge in [-0.25, -0.2) is 0 Å². The topological polar surface area (TPSA) is 86.7 Å². The van der Waals surface area contributed by atoms with Gasteiger partial charge in [0.2, 0.25) is 5.91 Å². The third kappa shape index (κ3) is 4.03. The predicted octanol–water partition coefficient (Wildman–Crippen LogP) is 2.62. The molecule has 26 heavy (non-hydrogen) atoms. The summed E-state index contributed by atoms with van der Waals surface area (Å²) in [5, 5.41) is 12.0. The first kappa shape index (κ1) is 18.8. The Morgan fingerprint density at radius 2 is 1.85 bits per heavy atom. The van der Waals surface area contributed by atoms with Crippen LogP contribution in [0.2, 0.25) is 0 Å². The second-order valence-electron chi connectivity index (χ2n) is 6.92. The van der Waals surface area contributed by atoms with Crippen molar-refractivity contribution in [3.63, 3.8) is 0 Å². The van der Waals surface area contributed by atoms with Gasteiger partial charge in [-0.3, -0.25) is 14.4 Å². The molecule has 1 saturated heterocycles. The summed E-state index contributed by atoms with van der Waals surface area (Å²) in [7, 11) is 0. The number of hydrogen-bond donors (Lipinski definition) is 2. The minimum Gasteiger partial charge on any atom is -0.481 e. The molecule has 140 valence electrons. The molecule has 1 aliphatic heterocycles. The van der Waals surface area contributed by atoms with Crippen molar-refractivity contribution in [3.05, 3.63) is 29.3 Å². The maximum atomic E-state index is 12.8. The molecule has 2 aliphatic rings. The van der Waals surface area contributed by atoms with Gasteiger partial charge in [-0.2, -0.15) is 11.8 Å². The van der Waals surface area contributed by atoms with Crippen LogP contribution in [-0.4, -0.2) is 52.4 Å². The molecule has 2 atom stereocenters. The molecule has 1 heterocycles. The van der Waals surface area contributed by atoms with Gasteiger partial charge >= 0.3 is 5.97 Å². The van der Waals surface area contributed by atoms with Crippen LogP contribution in [0.3, 0.4) is 0 Å². The molecule has 2 amide bonds. The Morgan fingerprint density at radius 1 is 1.15 bits per heavy atom. The summed E-state index contributed by atoms with van der Waals surface area (Å²) in [6.07, 6.45) is 1.51. The Morgan fingerprint density at radius 3 is 2.50 bits per heavy atom. The van der Waals surface area contributed by atoms with Crippen molar-refractivity contribution < 1.29 is 19.5 Å². The number of rotatable bonds is 4. The molecular formula is C19H24N2O4S. The van der Waals surface area contributed by atoms with E-state index in [4.69, 9.17) is 5.11 Å². The van der Waals surface area contributed by atoms with E-state index in [0.29, 0.717) is 30.5 Å². The van der Waals surface area contributed by atoms with Gasteiger partial charge in [0.15, 0.2) is 0 Å². The normalized spacial score (nSPS) is 22.9. The van der Waals surface area contributed by atoms with Crippen LogP contribution in [0.25, 0.3) is 0 Å². The number of nitrogens with one attached hydrogen (secondary N) is 1. The lowest BCUT2D eigenvalue weighted by atomic mass is 10.0. The number of carboxylic acids is 1. The molecule has 2 N–H and O–H groups in total. The first-order chi connectivity index (χ1) is 12.5. The highest BCUT2D eigenvalue weighted by atomic mass is 32.2. The third-order valence-electron chi connectivity index (χ3n) is 5.27. The first-order valence-electron chi connectivity index (χ1n) is 8.97. The molecule has 3 rings (SSSR count). The van der Waals surface area contributed by atoms with E-state index in [1.54, 1.807) is 18.2 Å². The van der Waals surface area contributed by atoms with Crippen LogP contribution >= 0.6 is 11.8 Å². The molecule has 1 aromatic carbocycles. The maximum absolute atomic E-state index is 12.8. The largest absolute Gasteiger partial charge is 0.481 e. The number of anilines is 1. The van der Waals surface area contributed by atoms with Gasteiger partial charge < -0.3 is 15.3 Å². The van der Waals surface area contributed by atoms with Crippen LogP contribution in [0, 0.1) is 18.8 Å². The molecule has 1 aliphatic carbocycles. The van der Waals surface area contributed by atoms with Crippen LogP contribution < -0.4 is 5.32 Å². The minimum atomic E-state index is -0.830. The highest BCUT2D eigenvalue weighted by Crippen LogP contribution is 2.32. The van der Waals surface area contributed by atoms with E-state index in [0.717, 1.165) is 30.2 Å². The molecule has 6 nitrogen and oxygen atoms in total. The van der Waals surface area contributed by atoms with E-state index in [9.17, 15) is 14.4 Å². The van der Waals surface area contributed by atoms with E-state index in [-0.39, 0.29) is 17.7 Å². The number of benzene rings is 1. The minimum absolute atomic E-state index is 0.00528. The SMILES string of the molecule is Cc1c(NC(=O)[C@@H]2CC[C@H](C(=O)O)C2)cccc1C(=O)N1CCSCC1. The number of carbonyl (C=O) groups excluding carboxylic acids is 2. The van der Waals surface area contributed by atoms with E-state index >= 15 is 0 Å². The fourth-order valence-electron chi connectivity index (χ4n) is 3.62. The van der Waals surface area contributed by atoms with Gasteiger partial charge in [-0.1, -0.05) is 6.07 Å². The second kappa shape index (κ2) is 8.12. The van der Waals surface area contributed by atoms with E-state index in [1.807, 2.05) is 23.6 Å². The van der Waals surface area contributed by atoms with Crippen molar-refractivity contribution in [2.75, 3.05) is 29.9 Å². The standard InChI is InChI=1S/C19H24N2O4S/c1-12-15(18(23)21-7-9-26-10-8-21)3-2-4-16(12)20-17(22)13-5-6-14(11-13)19(24)25/h2-4,13-14H,5-11H2,1H3,(H,20,22)(H,24,25)/t13-,14+/m1/s1. The quantitative estimate of drug-likeness (QED) is 0.844. The molecule has 0 unspecified atom stereocenters. The molecule has 2 fully saturated rings. The molecule has 0 aromatic heterocycles. The smallest absolute Gasteiger partial charge is 0.306 e. The van der Waals surface area contributed by atoms with Gasteiger partial charge in [0.25, 0.3) is 5.91 Å². The van der Waals surface area contributed by atoms with E-state index in [2.05, 4.69) is 5.32 Å². The Balaban J connectivity index is 1.70. The summed E-state index contributed by atoms with van der Waals surface area (Å²) in [5.74, 6) is 0.206. The number of thioether (sulfide) groups is 1. The van der Waals surface area contributed by atoms with Gasteiger partial charge in [-0.15, -0.1) is 0 Å². The summed E-state index contributed by atoms with van der Waals surface area (Å²) < 4.78 is 0. The number of carboxylic acid groups (broad SMARTS) is 1. The average Bonchev–Trinajstić information content (AvgIpc) is 3.14. The number of hydrogen-bond acceptors (Lipinski definition) is 4. The maximum Gasteiger partial charge on any atom is 0.306 e.